The van der Waals surface area contributed by atoms with Crippen LogP contribution in [0.15, 0.2) is 18.2 Å². The van der Waals surface area contributed by atoms with Crippen LogP contribution in [0.3, 0.4) is 0 Å². The van der Waals surface area contributed by atoms with Crippen molar-refractivity contribution in [3.63, 3.8) is 0 Å². The SMILES string of the molecule is CCCNCC(C)(O)COc1ccc(F)cc1F. The van der Waals surface area contributed by atoms with Gasteiger partial charge in [-0.25, -0.2) is 8.78 Å². The lowest BCUT2D eigenvalue weighted by Crippen LogP contribution is -2.43. The Kier molecular flexibility index (Phi) is 5.50. The topological polar surface area (TPSA) is 41.5 Å². The first-order valence-corrected chi connectivity index (χ1v) is 5.95. The second-order valence-corrected chi connectivity index (χ2v) is 4.54. The monoisotopic (exact) mass is 259 g/mol. The van der Waals surface area contributed by atoms with Crippen LogP contribution in [-0.4, -0.2) is 30.4 Å². The van der Waals surface area contributed by atoms with Gasteiger partial charge in [0.05, 0.1) is 0 Å². The van der Waals surface area contributed by atoms with Gasteiger partial charge in [-0.1, -0.05) is 6.92 Å². The highest BCUT2D eigenvalue weighted by atomic mass is 19.1. The Morgan fingerprint density at radius 1 is 1.39 bits per heavy atom. The van der Waals surface area contributed by atoms with Crippen LogP contribution < -0.4 is 10.1 Å². The first-order valence-electron chi connectivity index (χ1n) is 5.95. The van der Waals surface area contributed by atoms with Crippen LogP contribution in [0.4, 0.5) is 8.78 Å². The average Bonchev–Trinajstić information content (AvgIpc) is 2.28. The van der Waals surface area contributed by atoms with Crippen molar-refractivity contribution in [2.45, 2.75) is 25.9 Å². The van der Waals surface area contributed by atoms with Crippen LogP contribution in [0.2, 0.25) is 0 Å². The molecule has 3 nitrogen and oxygen atoms in total. The smallest absolute Gasteiger partial charge is 0.167 e. The van der Waals surface area contributed by atoms with E-state index >= 15 is 0 Å². The molecule has 0 heterocycles. The minimum atomic E-state index is -1.10. The Labute approximate surface area is 106 Å². The van der Waals surface area contributed by atoms with Crippen LogP contribution in [-0.2, 0) is 0 Å². The van der Waals surface area contributed by atoms with E-state index in [4.69, 9.17) is 4.74 Å². The molecule has 0 fully saturated rings. The van der Waals surface area contributed by atoms with Crippen LogP contribution in [0.25, 0.3) is 0 Å². The summed E-state index contributed by atoms with van der Waals surface area (Å²) in [5, 5.41) is 13.0. The Morgan fingerprint density at radius 2 is 2.11 bits per heavy atom. The Bertz CT molecular complexity index is 383. The third-order valence-corrected chi connectivity index (χ3v) is 2.37. The highest BCUT2D eigenvalue weighted by Gasteiger charge is 2.21. The molecule has 0 aliphatic carbocycles. The van der Waals surface area contributed by atoms with E-state index in [-0.39, 0.29) is 12.4 Å². The molecular weight excluding hydrogens is 240 g/mol. The number of nitrogens with one attached hydrogen (secondary N) is 1. The minimum absolute atomic E-state index is 0.0628. The Morgan fingerprint density at radius 3 is 2.72 bits per heavy atom. The van der Waals surface area contributed by atoms with E-state index in [1.807, 2.05) is 6.92 Å². The van der Waals surface area contributed by atoms with Gasteiger partial charge < -0.3 is 15.2 Å². The van der Waals surface area contributed by atoms with Gasteiger partial charge >= 0.3 is 0 Å². The highest BCUT2D eigenvalue weighted by molar-refractivity contribution is 5.24. The molecule has 5 heteroatoms. The molecule has 1 unspecified atom stereocenters. The average molecular weight is 259 g/mol. The van der Waals surface area contributed by atoms with Crippen molar-refractivity contribution < 1.29 is 18.6 Å². The second-order valence-electron chi connectivity index (χ2n) is 4.54. The summed E-state index contributed by atoms with van der Waals surface area (Å²) in [5.41, 5.74) is -1.10. The number of halogens is 2. The maximum absolute atomic E-state index is 13.3. The molecule has 0 aliphatic rings. The van der Waals surface area contributed by atoms with Gasteiger partial charge in [-0.3, -0.25) is 0 Å². The minimum Gasteiger partial charge on any atom is -0.487 e. The van der Waals surface area contributed by atoms with E-state index in [9.17, 15) is 13.9 Å². The van der Waals surface area contributed by atoms with Gasteiger partial charge in [-0.2, -0.15) is 0 Å². The van der Waals surface area contributed by atoms with Gasteiger partial charge in [0, 0.05) is 12.6 Å². The third kappa shape index (κ3) is 4.98. The summed E-state index contributed by atoms with van der Waals surface area (Å²) in [7, 11) is 0. The van der Waals surface area contributed by atoms with E-state index < -0.39 is 17.2 Å². The molecule has 0 aromatic heterocycles. The van der Waals surface area contributed by atoms with E-state index in [0.29, 0.717) is 6.54 Å². The Hall–Kier alpha value is -1.20. The molecule has 0 aliphatic heterocycles. The molecule has 1 aromatic rings. The van der Waals surface area contributed by atoms with E-state index in [0.717, 1.165) is 25.1 Å². The van der Waals surface area contributed by atoms with Crippen molar-refractivity contribution in [1.29, 1.82) is 0 Å². The van der Waals surface area contributed by atoms with Crippen LogP contribution >= 0.6 is 0 Å². The number of rotatable bonds is 7. The molecule has 0 radical (unpaired) electrons. The van der Waals surface area contributed by atoms with Crippen molar-refractivity contribution in [1.82, 2.24) is 5.32 Å². The largest absolute Gasteiger partial charge is 0.487 e. The number of hydrogen-bond acceptors (Lipinski definition) is 3. The molecule has 0 bridgehead atoms. The summed E-state index contributed by atoms with van der Waals surface area (Å²) in [6.07, 6.45) is 0.962. The lowest BCUT2D eigenvalue weighted by molar-refractivity contribution is 0.0113. The zero-order chi connectivity index (χ0) is 13.6. The highest BCUT2D eigenvalue weighted by Crippen LogP contribution is 2.18. The number of aliphatic hydroxyl groups is 1. The second kappa shape index (κ2) is 6.66. The van der Waals surface area contributed by atoms with Gasteiger partial charge in [0.25, 0.3) is 0 Å². The molecule has 2 N–H and O–H groups in total. The fourth-order valence-corrected chi connectivity index (χ4v) is 1.41. The summed E-state index contributed by atoms with van der Waals surface area (Å²) in [6, 6.07) is 3.07. The summed E-state index contributed by atoms with van der Waals surface area (Å²) in [6.45, 7) is 4.69. The molecule has 1 rings (SSSR count). The fourth-order valence-electron chi connectivity index (χ4n) is 1.41. The molecule has 0 spiro atoms. The molecule has 1 aromatic carbocycles. The van der Waals surface area contributed by atoms with Gasteiger partial charge in [0.2, 0.25) is 0 Å². The lowest BCUT2D eigenvalue weighted by atomic mass is 10.1. The normalized spacial score (nSPS) is 14.3. The third-order valence-electron chi connectivity index (χ3n) is 2.37. The van der Waals surface area contributed by atoms with Gasteiger partial charge in [0.1, 0.15) is 18.0 Å². The maximum atomic E-state index is 13.3. The molecule has 18 heavy (non-hydrogen) atoms. The standard InChI is InChI=1S/C13H19F2NO2/c1-3-6-16-8-13(2,17)9-18-12-5-4-10(14)7-11(12)15/h4-5,7,16-17H,3,6,8-9H2,1-2H3. The summed E-state index contributed by atoms with van der Waals surface area (Å²) < 4.78 is 31.1. The zero-order valence-corrected chi connectivity index (χ0v) is 10.7. The number of ether oxygens (including phenoxy) is 1. The van der Waals surface area contributed by atoms with Crippen molar-refractivity contribution in [3.05, 3.63) is 29.8 Å². The van der Waals surface area contributed by atoms with Crippen molar-refractivity contribution in [3.8, 4) is 5.75 Å². The first kappa shape index (κ1) is 14.9. The van der Waals surface area contributed by atoms with E-state index in [1.54, 1.807) is 6.92 Å². The van der Waals surface area contributed by atoms with Gasteiger partial charge in [-0.05, 0) is 32.0 Å². The van der Waals surface area contributed by atoms with Gasteiger partial charge in [0.15, 0.2) is 11.6 Å². The maximum Gasteiger partial charge on any atom is 0.167 e. The predicted octanol–water partition coefficient (Wildman–Crippen LogP) is 2.09. The van der Waals surface area contributed by atoms with E-state index in [1.165, 1.54) is 6.07 Å². The van der Waals surface area contributed by atoms with Crippen molar-refractivity contribution in [2.75, 3.05) is 19.7 Å². The van der Waals surface area contributed by atoms with Crippen molar-refractivity contribution >= 4 is 0 Å². The van der Waals surface area contributed by atoms with E-state index in [2.05, 4.69) is 5.32 Å². The predicted molar refractivity (Wildman–Crippen MR) is 65.6 cm³/mol. The number of hydrogen-bond donors (Lipinski definition) is 2. The molecule has 1 atom stereocenters. The molecule has 0 saturated heterocycles. The van der Waals surface area contributed by atoms with Crippen LogP contribution in [0, 0.1) is 11.6 Å². The Balaban J connectivity index is 2.48. The molecule has 0 saturated carbocycles. The molecule has 0 amide bonds. The summed E-state index contributed by atoms with van der Waals surface area (Å²) >= 11 is 0. The first-order chi connectivity index (χ1) is 8.44. The van der Waals surface area contributed by atoms with Gasteiger partial charge in [-0.15, -0.1) is 0 Å². The summed E-state index contributed by atoms with van der Waals surface area (Å²) in [4.78, 5) is 0. The zero-order valence-electron chi connectivity index (χ0n) is 10.7. The number of benzene rings is 1. The van der Waals surface area contributed by atoms with Crippen molar-refractivity contribution in [2.24, 2.45) is 0 Å². The summed E-state index contributed by atoms with van der Waals surface area (Å²) in [5.74, 6) is -1.49. The quantitative estimate of drug-likeness (QED) is 0.737. The fraction of sp³-hybridized carbons (Fsp3) is 0.538. The molecule has 102 valence electrons. The van der Waals surface area contributed by atoms with Crippen LogP contribution in [0.5, 0.6) is 5.75 Å². The van der Waals surface area contributed by atoms with Crippen LogP contribution in [0.1, 0.15) is 20.3 Å². The molecular formula is C13H19F2NO2. The lowest BCUT2D eigenvalue weighted by Gasteiger charge is -2.24.